The summed E-state index contributed by atoms with van der Waals surface area (Å²) < 4.78 is 8.83. The van der Waals surface area contributed by atoms with E-state index in [1.54, 1.807) is 13.8 Å². The topological polar surface area (TPSA) is 89.9 Å². The summed E-state index contributed by atoms with van der Waals surface area (Å²) in [7, 11) is 1.33. The summed E-state index contributed by atoms with van der Waals surface area (Å²) >= 11 is 0. The number of hydrogen-bond donors (Lipinski definition) is 1. The zero-order chi connectivity index (χ0) is 21.2. The van der Waals surface area contributed by atoms with E-state index in [0.717, 1.165) is 12.2 Å². The molecular weight excluding hydrogens is 348 g/mol. The monoisotopic (exact) mass is 374 g/mol. The molecule has 1 rings (SSSR count). The maximum Gasteiger partial charge on any atom is 0.337 e. The molecule has 1 N–H and O–H groups in total. The first-order valence-electron chi connectivity index (χ1n) is 7.87. The van der Waals surface area contributed by atoms with Crippen LogP contribution in [0.25, 0.3) is 6.08 Å². The molecule has 0 saturated heterocycles. The molecule has 0 amide bonds. The molecule has 27 heavy (non-hydrogen) atoms. The van der Waals surface area contributed by atoms with E-state index in [2.05, 4.69) is 29.2 Å². The zero-order valence-electron chi connectivity index (χ0n) is 15.9. The molecule has 0 atom stereocenters. The van der Waals surface area contributed by atoms with E-state index in [4.69, 9.17) is 5.11 Å². The Kier molecular flexibility index (Phi) is 15.4. The van der Waals surface area contributed by atoms with Gasteiger partial charge >= 0.3 is 17.9 Å². The van der Waals surface area contributed by atoms with Crippen molar-refractivity contribution in [2.75, 3.05) is 13.7 Å². The molecule has 6 heteroatoms. The van der Waals surface area contributed by atoms with Gasteiger partial charge in [-0.3, -0.25) is 0 Å². The van der Waals surface area contributed by atoms with Crippen molar-refractivity contribution in [3.05, 3.63) is 78.9 Å². The molecule has 0 radical (unpaired) electrons. The molecule has 0 bridgehead atoms. The molecule has 0 aliphatic carbocycles. The second-order valence-electron chi connectivity index (χ2n) is 4.80. The Hall–Kier alpha value is -3.41. The molecule has 0 aliphatic rings. The molecule has 1 aromatic rings. The van der Waals surface area contributed by atoms with E-state index in [1.807, 2.05) is 36.4 Å². The van der Waals surface area contributed by atoms with Crippen LogP contribution in [0.2, 0.25) is 0 Å². The van der Waals surface area contributed by atoms with Crippen molar-refractivity contribution < 1.29 is 29.0 Å². The summed E-state index contributed by atoms with van der Waals surface area (Å²) in [6, 6.07) is 10.0. The van der Waals surface area contributed by atoms with E-state index < -0.39 is 11.9 Å². The molecule has 0 saturated carbocycles. The van der Waals surface area contributed by atoms with Crippen LogP contribution in [-0.2, 0) is 23.9 Å². The molecule has 6 nitrogen and oxygen atoms in total. The van der Waals surface area contributed by atoms with Gasteiger partial charge in [-0.2, -0.15) is 0 Å². The number of esters is 2. The normalized spacial score (nSPS) is 8.85. The van der Waals surface area contributed by atoms with Crippen molar-refractivity contribution in [1.29, 1.82) is 0 Å². The van der Waals surface area contributed by atoms with Gasteiger partial charge in [0, 0.05) is 11.6 Å². The Morgan fingerprint density at radius 2 is 1.63 bits per heavy atom. The van der Waals surface area contributed by atoms with Crippen molar-refractivity contribution in [1.82, 2.24) is 0 Å². The highest BCUT2D eigenvalue weighted by molar-refractivity contribution is 5.93. The van der Waals surface area contributed by atoms with Crippen LogP contribution in [0.15, 0.2) is 73.4 Å². The number of methoxy groups -OCH3 is 1. The molecular formula is C21H26O6. The molecule has 1 aromatic carbocycles. The van der Waals surface area contributed by atoms with E-state index in [1.165, 1.54) is 12.7 Å². The number of rotatable bonds is 6. The standard InChI is InChI=1S/C8H10O4.C8H8.C5H8O2/c1-3-12-8(11)6(2)4-5-7(9)10;1-2-8-6-4-3-5-7-8;1-4(2)5(6)7-3/h4-5H,2-3H2,1H3,(H,9,10);2-7H,1H2;1H2,2-3H3. The fourth-order valence-corrected chi connectivity index (χ4v) is 1.23. The molecule has 0 fully saturated rings. The maximum atomic E-state index is 10.8. The van der Waals surface area contributed by atoms with Crippen molar-refractivity contribution >= 4 is 24.0 Å². The van der Waals surface area contributed by atoms with Crippen molar-refractivity contribution in [2.45, 2.75) is 13.8 Å². The quantitative estimate of drug-likeness (QED) is 0.463. The summed E-state index contributed by atoms with van der Waals surface area (Å²) in [4.78, 5) is 31.0. The van der Waals surface area contributed by atoms with Crippen LogP contribution in [0.3, 0.4) is 0 Å². The third kappa shape index (κ3) is 15.8. The SMILES string of the molecule is C=C(C)C(=O)OC.C=C(C=CC(=O)O)C(=O)OCC.C=Cc1ccccc1. The predicted octanol–water partition coefficient (Wildman–Crippen LogP) is 3.81. The first-order chi connectivity index (χ1) is 12.7. The van der Waals surface area contributed by atoms with Gasteiger partial charge in [-0.25, -0.2) is 14.4 Å². The third-order valence-electron chi connectivity index (χ3n) is 2.53. The van der Waals surface area contributed by atoms with E-state index in [0.29, 0.717) is 5.57 Å². The van der Waals surface area contributed by atoms with Crippen LogP contribution in [0.1, 0.15) is 19.4 Å². The van der Waals surface area contributed by atoms with Crippen molar-refractivity contribution in [3.63, 3.8) is 0 Å². The first-order valence-corrected chi connectivity index (χ1v) is 7.87. The lowest BCUT2D eigenvalue weighted by molar-refractivity contribution is -0.138. The highest BCUT2D eigenvalue weighted by atomic mass is 16.5. The largest absolute Gasteiger partial charge is 0.478 e. The number of carboxylic acids is 1. The Morgan fingerprint density at radius 3 is 1.93 bits per heavy atom. The van der Waals surface area contributed by atoms with Gasteiger partial charge in [-0.1, -0.05) is 56.1 Å². The summed E-state index contributed by atoms with van der Waals surface area (Å²) in [6.45, 7) is 13.8. The second kappa shape index (κ2) is 16.1. The van der Waals surface area contributed by atoms with Gasteiger partial charge in [0.25, 0.3) is 0 Å². The summed E-state index contributed by atoms with van der Waals surface area (Å²) in [5.41, 5.74) is 1.63. The fourth-order valence-electron chi connectivity index (χ4n) is 1.23. The maximum absolute atomic E-state index is 10.8. The van der Waals surface area contributed by atoms with Crippen LogP contribution >= 0.6 is 0 Å². The van der Waals surface area contributed by atoms with Gasteiger partial charge in [0.1, 0.15) is 0 Å². The van der Waals surface area contributed by atoms with Gasteiger partial charge in [0.15, 0.2) is 0 Å². The fraction of sp³-hybridized carbons (Fsp3) is 0.190. The predicted molar refractivity (Wildman–Crippen MR) is 106 cm³/mol. The number of carboxylic acid groups (broad SMARTS) is 1. The van der Waals surface area contributed by atoms with Gasteiger partial charge in [0.05, 0.1) is 19.3 Å². The van der Waals surface area contributed by atoms with E-state index >= 15 is 0 Å². The average molecular weight is 374 g/mol. The number of hydrogen-bond acceptors (Lipinski definition) is 5. The van der Waals surface area contributed by atoms with Gasteiger partial charge in [0.2, 0.25) is 0 Å². The molecule has 0 heterocycles. The average Bonchev–Trinajstić information content (AvgIpc) is 2.67. The smallest absolute Gasteiger partial charge is 0.337 e. The summed E-state index contributed by atoms with van der Waals surface area (Å²) in [6.07, 6.45) is 3.76. The Balaban J connectivity index is 0. The lowest BCUT2D eigenvalue weighted by Crippen LogP contribution is -2.05. The van der Waals surface area contributed by atoms with Gasteiger partial charge in [-0.15, -0.1) is 0 Å². The lowest BCUT2D eigenvalue weighted by Gasteiger charge is -1.98. The number of ether oxygens (including phenoxy) is 2. The molecule has 0 unspecified atom stereocenters. The minimum Gasteiger partial charge on any atom is -0.478 e. The number of aliphatic carboxylic acids is 1. The Bertz CT molecular complexity index is 671. The Morgan fingerprint density at radius 1 is 1.07 bits per heavy atom. The first kappa shape index (κ1) is 25.8. The summed E-state index contributed by atoms with van der Waals surface area (Å²) in [5, 5.41) is 8.19. The van der Waals surface area contributed by atoms with E-state index in [9.17, 15) is 14.4 Å². The van der Waals surface area contributed by atoms with E-state index in [-0.39, 0.29) is 18.1 Å². The third-order valence-corrected chi connectivity index (χ3v) is 2.53. The van der Waals surface area contributed by atoms with Crippen LogP contribution < -0.4 is 0 Å². The van der Waals surface area contributed by atoms with Gasteiger partial charge in [-0.05, 0) is 25.5 Å². The molecule has 0 aliphatic heterocycles. The van der Waals surface area contributed by atoms with Crippen LogP contribution in [0.4, 0.5) is 0 Å². The molecule has 0 spiro atoms. The van der Waals surface area contributed by atoms with Gasteiger partial charge < -0.3 is 14.6 Å². The van der Waals surface area contributed by atoms with Crippen molar-refractivity contribution in [3.8, 4) is 0 Å². The van der Waals surface area contributed by atoms with Crippen LogP contribution in [0, 0.1) is 0 Å². The Labute approximate surface area is 160 Å². The number of carbonyl (C=O) groups excluding carboxylic acids is 2. The lowest BCUT2D eigenvalue weighted by atomic mass is 10.2. The van der Waals surface area contributed by atoms with Crippen LogP contribution in [0.5, 0.6) is 0 Å². The summed E-state index contributed by atoms with van der Waals surface area (Å²) in [5.74, 6) is -2.07. The van der Waals surface area contributed by atoms with Crippen LogP contribution in [-0.4, -0.2) is 36.7 Å². The molecule has 146 valence electrons. The molecule has 0 aromatic heterocycles. The highest BCUT2D eigenvalue weighted by Gasteiger charge is 2.03. The minimum atomic E-state index is -1.12. The van der Waals surface area contributed by atoms with Crippen molar-refractivity contribution in [2.24, 2.45) is 0 Å². The zero-order valence-corrected chi connectivity index (χ0v) is 15.9. The number of benzene rings is 1. The number of carbonyl (C=O) groups is 3. The second-order valence-corrected chi connectivity index (χ2v) is 4.80. The highest BCUT2D eigenvalue weighted by Crippen LogP contribution is 1.97. The minimum absolute atomic E-state index is 0.0271.